The van der Waals surface area contributed by atoms with Crippen molar-refractivity contribution < 1.29 is 14.3 Å². The van der Waals surface area contributed by atoms with E-state index in [1.807, 2.05) is 6.92 Å². The van der Waals surface area contributed by atoms with Gasteiger partial charge in [0.25, 0.3) is 11.5 Å². The van der Waals surface area contributed by atoms with Crippen LogP contribution in [0.5, 0.6) is 0 Å². The lowest BCUT2D eigenvalue weighted by Crippen LogP contribution is -2.29. The molecule has 0 aliphatic heterocycles. The molecule has 0 bridgehead atoms. The first-order chi connectivity index (χ1) is 14.9. The normalized spacial score (nSPS) is 11.2. The maximum atomic E-state index is 12.8. The van der Waals surface area contributed by atoms with Gasteiger partial charge >= 0.3 is 5.97 Å². The van der Waals surface area contributed by atoms with Gasteiger partial charge in [-0.05, 0) is 38.8 Å². The van der Waals surface area contributed by atoms with E-state index in [9.17, 15) is 14.4 Å². The van der Waals surface area contributed by atoms with Crippen molar-refractivity contribution in [2.24, 2.45) is 5.10 Å². The maximum absolute atomic E-state index is 12.8. The number of aromatic nitrogens is 3. The predicted octanol–water partition coefficient (Wildman–Crippen LogP) is 2.69. The van der Waals surface area contributed by atoms with Crippen LogP contribution in [0.3, 0.4) is 0 Å². The average Bonchev–Trinajstić information content (AvgIpc) is 3.03. The van der Waals surface area contributed by atoms with Crippen LogP contribution in [0.4, 0.5) is 0 Å². The van der Waals surface area contributed by atoms with Crippen molar-refractivity contribution in [2.45, 2.75) is 40.7 Å². The van der Waals surface area contributed by atoms with Crippen molar-refractivity contribution in [1.82, 2.24) is 20.2 Å². The molecule has 9 heteroatoms. The van der Waals surface area contributed by atoms with Crippen LogP contribution in [0.1, 0.15) is 58.1 Å². The van der Waals surface area contributed by atoms with Gasteiger partial charge in [-0.25, -0.2) is 14.9 Å². The van der Waals surface area contributed by atoms with Crippen LogP contribution in [-0.2, 0) is 11.3 Å². The van der Waals surface area contributed by atoms with Crippen molar-refractivity contribution in [2.75, 3.05) is 6.61 Å². The Morgan fingerprint density at radius 3 is 2.61 bits per heavy atom. The lowest BCUT2D eigenvalue weighted by molar-refractivity contribution is 0.0524. The molecular weight excluding hydrogens is 398 g/mol. The number of nitrogens with zero attached hydrogens (tertiary/aromatic N) is 3. The molecule has 31 heavy (non-hydrogen) atoms. The molecule has 1 amide bonds. The molecule has 2 aromatic heterocycles. The number of ether oxygens (including phenoxy) is 1. The molecule has 2 N–H and O–H groups in total. The summed E-state index contributed by atoms with van der Waals surface area (Å²) in [6.45, 7) is 7.90. The highest BCUT2D eigenvalue weighted by molar-refractivity contribution is 6.05. The van der Waals surface area contributed by atoms with E-state index < -0.39 is 11.9 Å². The fraction of sp³-hybridized carbons (Fsp3) is 0.318. The lowest BCUT2D eigenvalue weighted by Gasteiger charge is -2.09. The highest BCUT2D eigenvalue weighted by Gasteiger charge is 2.19. The number of aryl methyl sites for hydroxylation is 2. The molecule has 0 spiro atoms. The summed E-state index contributed by atoms with van der Waals surface area (Å²) in [6, 6.07) is 6.85. The van der Waals surface area contributed by atoms with E-state index in [4.69, 9.17) is 4.74 Å². The number of carbonyl (C=O) groups excluding carboxylic acids is 2. The topological polar surface area (TPSA) is 118 Å². The summed E-state index contributed by atoms with van der Waals surface area (Å²) in [4.78, 5) is 40.5. The van der Waals surface area contributed by atoms with Crippen molar-refractivity contribution in [1.29, 1.82) is 0 Å². The van der Waals surface area contributed by atoms with E-state index in [0.29, 0.717) is 46.3 Å². The van der Waals surface area contributed by atoms with Crippen LogP contribution >= 0.6 is 0 Å². The summed E-state index contributed by atoms with van der Waals surface area (Å²) in [5.74, 6) is -0.949. The number of rotatable bonds is 7. The summed E-state index contributed by atoms with van der Waals surface area (Å²) in [6.07, 6.45) is 2.13. The van der Waals surface area contributed by atoms with Gasteiger partial charge in [0.15, 0.2) is 5.69 Å². The minimum Gasteiger partial charge on any atom is -0.462 e. The Labute approximate surface area is 179 Å². The number of nitrogens with one attached hydrogen (secondary N) is 2. The summed E-state index contributed by atoms with van der Waals surface area (Å²) in [5.41, 5.74) is 4.70. The largest absolute Gasteiger partial charge is 0.462 e. The van der Waals surface area contributed by atoms with Gasteiger partial charge in [0.1, 0.15) is 0 Å². The number of fused-ring (bicyclic) bond motifs is 1. The zero-order valence-corrected chi connectivity index (χ0v) is 18.0. The van der Waals surface area contributed by atoms with Gasteiger partial charge in [0.2, 0.25) is 0 Å². The Kier molecular flexibility index (Phi) is 6.64. The molecule has 162 valence electrons. The monoisotopic (exact) mass is 423 g/mol. The van der Waals surface area contributed by atoms with E-state index in [2.05, 4.69) is 20.6 Å². The lowest BCUT2D eigenvalue weighted by atomic mass is 10.1. The molecule has 0 aliphatic carbocycles. The number of hydrogen-bond acceptors (Lipinski definition) is 6. The standard InChI is InChI=1S/C22H25N5O4/c1-5-11-27-21(29)16-10-8-7-9-15(16)19(26-27)20(28)25-23-12-17-13(3)18(14(4)24-17)22(30)31-6-2/h7-10,12,24H,5-6,11H2,1-4H3,(H,25,28)/b23-12+. The molecule has 3 rings (SSSR count). The van der Waals surface area contributed by atoms with E-state index >= 15 is 0 Å². The Morgan fingerprint density at radius 1 is 1.23 bits per heavy atom. The quantitative estimate of drug-likeness (QED) is 0.344. The smallest absolute Gasteiger partial charge is 0.340 e. The molecule has 0 saturated heterocycles. The molecule has 0 radical (unpaired) electrons. The molecule has 0 unspecified atom stereocenters. The van der Waals surface area contributed by atoms with Crippen molar-refractivity contribution in [3.63, 3.8) is 0 Å². The number of amides is 1. The SMILES string of the molecule is CCCn1nc(C(=O)N/N=C/c2[nH]c(C)c(C(=O)OCC)c2C)c2ccccc2c1=O. The van der Waals surface area contributed by atoms with E-state index in [1.165, 1.54) is 10.9 Å². The molecule has 9 nitrogen and oxygen atoms in total. The van der Waals surface area contributed by atoms with Gasteiger partial charge in [-0.3, -0.25) is 9.59 Å². The average molecular weight is 423 g/mol. The maximum Gasteiger partial charge on any atom is 0.340 e. The fourth-order valence-electron chi connectivity index (χ4n) is 3.39. The Bertz CT molecular complexity index is 1220. The fourth-order valence-corrected chi connectivity index (χ4v) is 3.39. The molecular formula is C22H25N5O4. The van der Waals surface area contributed by atoms with Crippen molar-refractivity contribution in [3.8, 4) is 0 Å². The van der Waals surface area contributed by atoms with E-state index in [-0.39, 0.29) is 17.9 Å². The Hall–Kier alpha value is -3.75. The number of aromatic amines is 1. The number of esters is 1. The molecule has 0 atom stereocenters. The predicted molar refractivity (Wildman–Crippen MR) is 118 cm³/mol. The number of carbonyl (C=O) groups is 2. The van der Waals surface area contributed by atoms with Crippen LogP contribution in [0.2, 0.25) is 0 Å². The molecule has 0 fully saturated rings. The molecule has 1 aromatic carbocycles. The van der Waals surface area contributed by atoms with Crippen molar-refractivity contribution in [3.05, 3.63) is 62.8 Å². The highest BCUT2D eigenvalue weighted by atomic mass is 16.5. The van der Waals surface area contributed by atoms with Crippen LogP contribution in [0.25, 0.3) is 10.8 Å². The molecule has 3 aromatic rings. The van der Waals surface area contributed by atoms with Crippen LogP contribution in [0.15, 0.2) is 34.2 Å². The highest BCUT2D eigenvalue weighted by Crippen LogP contribution is 2.18. The van der Waals surface area contributed by atoms with Gasteiger partial charge in [-0.1, -0.05) is 25.1 Å². The summed E-state index contributed by atoms with van der Waals surface area (Å²) < 4.78 is 6.37. The van der Waals surface area contributed by atoms with Gasteiger partial charge in [0.05, 0.1) is 29.5 Å². The minimum absolute atomic E-state index is 0.118. The molecule has 0 saturated carbocycles. The Morgan fingerprint density at radius 2 is 1.94 bits per heavy atom. The van der Waals surface area contributed by atoms with Crippen LogP contribution in [0, 0.1) is 13.8 Å². The van der Waals surface area contributed by atoms with Crippen molar-refractivity contribution >= 4 is 28.9 Å². The zero-order chi connectivity index (χ0) is 22.5. The van der Waals surface area contributed by atoms with Gasteiger partial charge in [-0.2, -0.15) is 10.2 Å². The van der Waals surface area contributed by atoms with Crippen LogP contribution < -0.4 is 11.0 Å². The molecule has 2 heterocycles. The number of benzene rings is 1. The molecule has 0 aliphatic rings. The third kappa shape index (κ3) is 4.40. The van der Waals surface area contributed by atoms with Gasteiger partial charge < -0.3 is 9.72 Å². The van der Waals surface area contributed by atoms with Gasteiger partial charge in [0, 0.05) is 17.6 Å². The minimum atomic E-state index is -0.538. The van der Waals surface area contributed by atoms with E-state index in [0.717, 1.165) is 0 Å². The second-order valence-corrected chi connectivity index (χ2v) is 7.01. The number of hydrazone groups is 1. The zero-order valence-electron chi connectivity index (χ0n) is 18.0. The van der Waals surface area contributed by atoms with Crippen LogP contribution in [-0.4, -0.2) is 39.5 Å². The second-order valence-electron chi connectivity index (χ2n) is 7.01. The first-order valence-corrected chi connectivity index (χ1v) is 10.1. The first kappa shape index (κ1) is 21.9. The number of H-pyrrole nitrogens is 1. The third-order valence-corrected chi connectivity index (χ3v) is 4.83. The third-order valence-electron chi connectivity index (χ3n) is 4.83. The first-order valence-electron chi connectivity index (χ1n) is 10.1. The van der Waals surface area contributed by atoms with E-state index in [1.54, 1.807) is 45.0 Å². The number of hydrogen-bond donors (Lipinski definition) is 2. The Balaban J connectivity index is 1.88. The summed E-state index contributed by atoms with van der Waals surface area (Å²) >= 11 is 0. The van der Waals surface area contributed by atoms with Gasteiger partial charge in [-0.15, -0.1) is 0 Å². The second kappa shape index (κ2) is 9.38. The summed E-state index contributed by atoms with van der Waals surface area (Å²) in [5, 5.41) is 9.14. The summed E-state index contributed by atoms with van der Waals surface area (Å²) in [7, 11) is 0.